The number of hydrogen-bond acceptors (Lipinski definition) is 3. The van der Waals surface area contributed by atoms with E-state index in [1.54, 1.807) is 0 Å². The minimum Gasteiger partial charge on any atom is -0.457 e. The van der Waals surface area contributed by atoms with Crippen LogP contribution in [0.15, 0.2) is 246 Å². The van der Waals surface area contributed by atoms with E-state index in [1.165, 1.54) is 76.6 Å². The minimum atomic E-state index is -0.596. The molecule has 65 heavy (non-hydrogen) atoms. The number of fused-ring (bicyclic) bond motifs is 18. The van der Waals surface area contributed by atoms with Crippen LogP contribution in [0, 0.1) is 0 Å². The van der Waals surface area contributed by atoms with Crippen molar-refractivity contribution in [2.75, 3.05) is 4.90 Å². The molecule has 0 N–H and O–H groups in total. The van der Waals surface area contributed by atoms with Crippen LogP contribution in [0.25, 0.3) is 33.4 Å². The Morgan fingerprint density at radius 1 is 0.323 bits per heavy atom. The monoisotopic (exact) mass is 845 g/mol. The Morgan fingerprint density at radius 3 is 1.42 bits per heavy atom. The van der Waals surface area contributed by atoms with Gasteiger partial charge in [0, 0.05) is 32.3 Å². The van der Waals surface area contributed by atoms with Gasteiger partial charge in [0.2, 0.25) is 0 Å². The summed E-state index contributed by atoms with van der Waals surface area (Å²) in [6.45, 7) is 0. The van der Waals surface area contributed by atoms with Crippen molar-refractivity contribution in [2.45, 2.75) is 20.6 Å². The number of anilines is 3. The van der Waals surface area contributed by atoms with Crippen molar-refractivity contribution in [1.29, 1.82) is 0 Å². The molecular formula is C62H39NOS. The number of nitrogens with zero attached hydrogens (tertiary/aromatic N) is 1. The van der Waals surface area contributed by atoms with Crippen molar-refractivity contribution < 1.29 is 4.74 Å². The van der Waals surface area contributed by atoms with Gasteiger partial charge in [0.25, 0.3) is 0 Å². The quantitative estimate of drug-likeness (QED) is 0.175. The third kappa shape index (κ3) is 4.91. The van der Waals surface area contributed by atoms with E-state index >= 15 is 0 Å². The van der Waals surface area contributed by atoms with Gasteiger partial charge >= 0.3 is 0 Å². The molecule has 2 aliphatic carbocycles. The van der Waals surface area contributed by atoms with Gasteiger partial charge in [-0.15, -0.1) is 0 Å². The zero-order valence-electron chi connectivity index (χ0n) is 35.3. The fourth-order valence-electron chi connectivity index (χ4n) is 11.9. The maximum absolute atomic E-state index is 6.73. The van der Waals surface area contributed by atoms with Gasteiger partial charge in [-0.1, -0.05) is 200 Å². The highest BCUT2D eigenvalue weighted by Crippen LogP contribution is 2.65. The first-order chi connectivity index (χ1) is 32.2. The Balaban J connectivity index is 1.05. The molecule has 2 nitrogen and oxygen atoms in total. The number of para-hydroxylation sites is 2. The van der Waals surface area contributed by atoms with Crippen LogP contribution in [-0.2, 0) is 10.8 Å². The summed E-state index contributed by atoms with van der Waals surface area (Å²) < 4.78 is 6.73. The van der Waals surface area contributed by atoms with E-state index in [9.17, 15) is 0 Å². The lowest BCUT2D eigenvalue weighted by atomic mass is 9.66. The summed E-state index contributed by atoms with van der Waals surface area (Å²) in [6.07, 6.45) is 0. The summed E-state index contributed by atoms with van der Waals surface area (Å²) in [5, 5.41) is 0. The summed E-state index contributed by atoms with van der Waals surface area (Å²) in [7, 11) is 0. The Kier molecular flexibility index (Phi) is 7.79. The molecule has 14 rings (SSSR count). The number of hydrogen-bond donors (Lipinski definition) is 0. The molecular weight excluding hydrogens is 807 g/mol. The van der Waals surface area contributed by atoms with Gasteiger partial charge in [-0.2, -0.15) is 0 Å². The second kappa shape index (κ2) is 13.8. The lowest BCUT2D eigenvalue weighted by molar-refractivity contribution is 0.436. The molecule has 10 aromatic carbocycles. The standard InChI is InChI=1S/C62H39NOS/c1-2-17-40(18-3-1)41-33-35-42(36-34-41)63(43-37-38-47-46-21-6-9-24-50(46)62(55(47)39-43)51-25-10-13-30-57(51)64-58-31-14-11-26-52(58)62)56-29-16-28-54-60(56)65-59-32-15-12-27-53(59)61(54)48-22-7-4-19-44(48)45-20-5-8-23-49(45)61/h1-39H. The SMILES string of the molecule is c1ccc(-c2ccc(N(c3ccc4c(c3)C3(c5ccccc5Oc5ccccc53)c3ccccc3-4)c3cccc4c3Sc3ccccc3C43c4ccccc4-c4ccccc43)cc2)cc1. The molecule has 0 saturated carbocycles. The molecule has 0 fully saturated rings. The topological polar surface area (TPSA) is 12.5 Å². The van der Waals surface area contributed by atoms with Crippen LogP contribution in [0.4, 0.5) is 17.1 Å². The second-order valence-corrected chi connectivity index (χ2v) is 18.5. The number of benzene rings is 10. The molecule has 4 aliphatic rings. The van der Waals surface area contributed by atoms with Gasteiger partial charge in [0.15, 0.2) is 0 Å². The zero-order chi connectivity index (χ0) is 42.7. The summed E-state index contributed by atoms with van der Waals surface area (Å²) in [4.78, 5) is 5.05. The maximum Gasteiger partial charge on any atom is 0.132 e. The van der Waals surface area contributed by atoms with Gasteiger partial charge in [-0.3, -0.25) is 0 Å². The summed E-state index contributed by atoms with van der Waals surface area (Å²) in [5.41, 5.74) is 19.9. The molecule has 0 bridgehead atoms. The largest absolute Gasteiger partial charge is 0.457 e. The molecule has 0 unspecified atom stereocenters. The first-order valence-corrected chi connectivity index (χ1v) is 23.2. The van der Waals surface area contributed by atoms with Crippen LogP contribution in [0.3, 0.4) is 0 Å². The fourth-order valence-corrected chi connectivity index (χ4v) is 13.2. The van der Waals surface area contributed by atoms with Crippen LogP contribution in [0.1, 0.15) is 44.5 Å². The maximum atomic E-state index is 6.73. The van der Waals surface area contributed by atoms with Crippen LogP contribution in [0.2, 0.25) is 0 Å². The molecule has 2 spiro atoms. The molecule has 3 heteroatoms. The molecule has 2 heterocycles. The highest BCUT2D eigenvalue weighted by Gasteiger charge is 2.53. The van der Waals surface area contributed by atoms with Crippen molar-refractivity contribution in [3.05, 3.63) is 281 Å². The normalized spacial score (nSPS) is 14.5. The minimum absolute atomic E-state index is 0.498. The Labute approximate surface area is 383 Å². The number of ether oxygens (including phenoxy) is 1. The molecule has 0 atom stereocenters. The van der Waals surface area contributed by atoms with Gasteiger partial charge in [0.05, 0.1) is 16.5 Å². The summed E-state index contributed by atoms with van der Waals surface area (Å²) >= 11 is 1.90. The van der Waals surface area contributed by atoms with Crippen molar-refractivity contribution in [3.63, 3.8) is 0 Å². The average Bonchev–Trinajstić information content (AvgIpc) is 3.83. The number of rotatable bonds is 4. The van der Waals surface area contributed by atoms with E-state index in [2.05, 4.69) is 241 Å². The molecule has 10 aromatic rings. The molecule has 0 aromatic heterocycles. The average molecular weight is 846 g/mol. The van der Waals surface area contributed by atoms with Gasteiger partial charge in [-0.05, 0) is 115 Å². The smallest absolute Gasteiger partial charge is 0.132 e. The van der Waals surface area contributed by atoms with Gasteiger partial charge in [0.1, 0.15) is 11.5 Å². The predicted molar refractivity (Wildman–Crippen MR) is 265 cm³/mol. The second-order valence-electron chi connectivity index (χ2n) is 17.5. The Morgan fingerprint density at radius 2 is 0.785 bits per heavy atom. The molecule has 304 valence electrons. The van der Waals surface area contributed by atoms with Crippen molar-refractivity contribution >= 4 is 28.8 Å². The Bertz CT molecular complexity index is 3480. The van der Waals surface area contributed by atoms with Crippen molar-refractivity contribution in [2.24, 2.45) is 0 Å². The lowest BCUT2D eigenvalue weighted by Gasteiger charge is -2.41. The third-order valence-electron chi connectivity index (χ3n) is 14.4. The summed E-state index contributed by atoms with van der Waals surface area (Å²) in [6, 6.07) is 87.5. The Hall–Kier alpha value is -7.85. The van der Waals surface area contributed by atoms with Crippen LogP contribution in [-0.4, -0.2) is 0 Å². The first kappa shape index (κ1) is 36.6. The third-order valence-corrected chi connectivity index (χ3v) is 15.6. The lowest BCUT2D eigenvalue weighted by Crippen LogP contribution is -2.33. The van der Waals surface area contributed by atoms with E-state index in [4.69, 9.17) is 4.74 Å². The van der Waals surface area contributed by atoms with Crippen LogP contribution < -0.4 is 9.64 Å². The van der Waals surface area contributed by atoms with E-state index in [1.807, 2.05) is 11.8 Å². The van der Waals surface area contributed by atoms with E-state index in [0.29, 0.717) is 0 Å². The molecule has 0 saturated heterocycles. The van der Waals surface area contributed by atoms with Crippen molar-refractivity contribution in [3.8, 4) is 44.9 Å². The predicted octanol–water partition coefficient (Wildman–Crippen LogP) is 16.1. The molecule has 0 amide bonds. The van der Waals surface area contributed by atoms with E-state index in [0.717, 1.165) is 39.7 Å². The summed E-state index contributed by atoms with van der Waals surface area (Å²) in [5.74, 6) is 1.78. The zero-order valence-corrected chi connectivity index (χ0v) is 36.1. The highest BCUT2D eigenvalue weighted by atomic mass is 32.2. The fraction of sp³-hybridized carbons (Fsp3) is 0.0323. The van der Waals surface area contributed by atoms with Gasteiger partial charge < -0.3 is 9.64 Å². The van der Waals surface area contributed by atoms with Crippen LogP contribution >= 0.6 is 11.8 Å². The van der Waals surface area contributed by atoms with E-state index < -0.39 is 10.8 Å². The van der Waals surface area contributed by atoms with Crippen molar-refractivity contribution in [1.82, 2.24) is 0 Å². The molecule has 0 radical (unpaired) electrons. The molecule has 2 aliphatic heterocycles. The first-order valence-electron chi connectivity index (χ1n) is 22.4. The van der Waals surface area contributed by atoms with E-state index in [-0.39, 0.29) is 0 Å². The van der Waals surface area contributed by atoms with Gasteiger partial charge in [-0.25, -0.2) is 0 Å². The highest BCUT2D eigenvalue weighted by molar-refractivity contribution is 7.99. The van der Waals surface area contributed by atoms with Crippen LogP contribution in [0.5, 0.6) is 11.5 Å².